The molecule has 0 aliphatic carbocycles. The smallest absolute Gasteiger partial charge is 0.339 e. The van der Waals surface area contributed by atoms with Gasteiger partial charge in [-0.05, 0) is 61.6 Å². The maximum absolute atomic E-state index is 13.3. The van der Waals surface area contributed by atoms with Crippen molar-refractivity contribution in [2.75, 3.05) is 6.54 Å². The lowest BCUT2D eigenvalue weighted by atomic mass is 9.75. The molecule has 0 bridgehead atoms. The van der Waals surface area contributed by atoms with Gasteiger partial charge in [-0.3, -0.25) is 0 Å². The third-order valence-corrected chi connectivity index (χ3v) is 6.18. The first-order valence-electron chi connectivity index (χ1n) is 10.3. The third-order valence-electron chi connectivity index (χ3n) is 6.18. The molecule has 166 valence electrons. The first kappa shape index (κ1) is 21.4. The fraction of sp³-hybridized carbons (Fsp3) is 0.292. The lowest BCUT2D eigenvalue weighted by molar-refractivity contribution is 0.0692. The highest BCUT2D eigenvalue weighted by molar-refractivity contribution is 5.91. The topological polar surface area (TPSA) is 116 Å². The second-order valence-corrected chi connectivity index (χ2v) is 8.26. The van der Waals surface area contributed by atoms with E-state index in [9.17, 15) is 19.8 Å². The van der Waals surface area contributed by atoms with Crippen LogP contribution in [0.4, 0.5) is 4.79 Å². The number of benzene rings is 2. The average molecular weight is 435 g/mol. The zero-order valence-corrected chi connectivity index (χ0v) is 18.2. The van der Waals surface area contributed by atoms with Crippen LogP contribution in [0.25, 0.3) is 0 Å². The molecule has 32 heavy (non-hydrogen) atoms. The number of carbonyl (C=O) groups excluding carboxylic acids is 1. The zero-order valence-electron chi connectivity index (χ0n) is 18.2. The molecule has 8 heteroatoms. The van der Waals surface area contributed by atoms with Crippen LogP contribution >= 0.6 is 0 Å². The number of oxazole rings is 1. The zero-order chi connectivity index (χ0) is 23.0. The highest BCUT2D eigenvalue weighted by Gasteiger charge is 2.44. The van der Waals surface area contributed by atoms with E-state index in [1.807, 2.05) is 39.0 Å². The number of carbonyl (C=O) groups is 2. The Morgan fingerprint density at radius 1 is 1.22 bits per heavy atom. The summed E-state index contributed by atoms with van der Waals surface area (Å²) in [5.41, 5.74) is 4.03. The quantitative estimate of drug-likeness (QED) is 0.575. The molecule has 3 aromatic rings. The number of urea groups is 1. The first-order chi connectivity index (χ1) is 15.2. The summed E-state index contributed by atoms with van der Waals surface area (Å²) in [6, 6.07) is 8.72. The van der Waals surface area contributed by atoms with E-state index in [1.54, 1.807) is 4.90 Å². The number of phenols is 1. The normalized spacial score (nSPS) is 17.7. The van der Waals surface area contributed by atoms with Gasteiger partial charge >= 0.3 is 12.0 Å². The van der Waals surface area contributed by atoms with E-state index in [2.05, 4.69) is 10.3 Å². The van der Waals surface area contributed by atoms with E-state index in [4.69, 9.17) is 4.42 Å². The van der Waals surface area contributed by atoms with Gasteiger partial charge in [-0.2, -0.15) is 0 Å². The van der Waals surface area contributed by atoms with E-state index >= 15 is 0 Å². The van der Waals surface area contributed by atoms with Gasteiger partial charge in [-0.15, -0.1) is 0 Å². The lowest BCUT2D eigenvalue weighted by Gasteiger charge is -2.47. The highest BCUT2D eigenvalue weighted by Crippen LogP contribution is 2.44. The number of amides is 2. The summed E-state index contributed by atoms with van der Waals surface area (Å²) in [6.45, 7) is 6.51. The van der Waals surface area contributed by atoms with Crippen molar-refractivity contribution in [3.63, 3.8) is 0 Å². The molecule has 1 atom stereocenters. The molecule has 4 rings (SSSR count). The number of nitrogens with zero attached hydrogens (tertiary/aromatic N) is 2. The number of hydrogen-bond donors (Lipinski definition) is 3. The predicted octanol–water partition coefficient (Wildman–Crippen LogP) is 3.73. The molecule has 2 aromatic carbocycles. The van der Waals surface area contributed by atoms with Crippen LogP contribution in [0.2, 0.25) is 0 Å². The van der Waals surface area contributed by atoms with Crippen molar-refractivity contribution >= 4 is 12.0 Å². The summed E-state index contributed by atoms with van der Waals surface area (Å²) in [5.74, 6) is -1.51. The molecule has 1 unspecified atom stereocenters. The van der Waals surface area contributed by atoms with Crippen LogP contribution in [0.1, 0.15) is 50.8 Å². The maximum atomic E-state index is 13.3. The van der Waals surface area contributed by atoms with Crippen LogP contribution in [0, 0.1) is 13.8 Å². The van der Waals surface area contributed by atoms with Crippen LogP contribution in [0.3, 0.4) is 0 Å². The second-order valence-electron chi connectivity index (χ2n) is 8.26. The first-order valence-corrected chi connectivity index (χ1v) is 10.3. The SMILES string of the molecule is Cc1ccc(C2(C)c3cc(O)c(C(=O)O)cc3CCN2C(=O)NCc2cocn2)c(C)c1. The van der Waals surface area contributed by atoms with Gasteiger partial charge < -0.3 is 24.8 Å². The van der Waals surface area contributed by atoms with Gasteiger partial charge in [-0.25, -0.2) is 14.6 Å². The minimum Gasteiger partial charge on any atom is -0.507 e. The maximum Gasteiger partial charge on any atom is 0.339 e. The largest absolute Gasteiger partial charge is 0.507 e. The van der Waals surface area contributed by atoms with Crippen molar-refractivity contribution in [3.8, 4) is 5.75 Å². The molecule has 0 radical (unpaired) electrons. The van der Waals surface area contributed by atoms with Crippen LogP contribution in [0.5, 0.6) is 5.75 Å². The number of hydrogen-bond acceptors (Lipinski definition) is 5. The molecule has 0 saturated carbocycles. The molecule has 8 nitrogen and oxygen atoms in total. The molecule has 1 aliphatic rings. The molecule has 2 heterocycles. The monoisotopic (exact) mass is 435 g/mol. The third kappa shape index (κ3) is 3.57. The minimum atomic E-state index is -1.19. The van der Waals surface area contributed by atoms with E-state index in [0.29, 0.717) is 24.2 Å². The van der Waals surface area contributed by atoms with Gasteiger partial charge in [0.1, 0.15) is 17.6 Å². The Morgan fingerprint density at radius 2 is 2.00 bits per heavy atom. The summed E-state index contributed by atoms with van der Waals surface area (Å²) in [4.78, 5) is 30.6. The molecule has 1 aliphatic heterocycles. The molecular weight excluding hydrogens is 410 g/mol. The Bertz CT molecular complexity index is 1190. The van der Waals surface area contributed by atoms with Crippen molar-refractivity contribution in [1.82, 2.24) is 15.2 Å². The van der Waals surface area contributed by atoms with Crippen LogP contribution in [0.15, 0.2) is 47.4 Å². The van der Waals surface area contributed by atoms with Crippen molar-refractivity contribution in [1.29, 1.82) is 0 Å². The van der Waals surface area contributed by atoms with E-state index < -0.39 is 11.5 Å². The number of rotatable bonds is 4. The number of fused-ring (bicyclic) bond motifs is 1. The Hall–Kier alpha value is -3.81. The molecule has 1 aromatic heterocycles. The van der Waals surface area contributed by atoms with E-state index in [0.717, 1.165) is 22.3 Å². The number of aromatic nitrogens is 1. The molecular formula is C24H25N3O5. The van der Waals surface area contributed by atoms with Crippen LogP contribution in [-0.2, 0) is 18.5 Å². The van der Waals surface area contributed by atoms with Gasteiger partial charge in [-0.1, -0.05) is 23.8 Å². The minimum absolute atomic E-state index is 0.143. The summed E-state index contributed by atoms with van der Waals surface area (Å²) in [7, 11) is 0. The molecule has 2 amide bonds. The van der Waals surface area contributed by atoms with Gasteiger partial charge in [0, 0.05) is 6.54 Å². The van der Waals surface area contributed by atoms with Crippen molar-refractivity contribution in [2.45, 2.75) is 39.3 Å². The van der Waals surface area contributed by atoms with Crippen molar-refractivity contribution in [3.05, 3.63) is 82.1 Å². The molecule has 0 saturated heterocycles. The van der Waals surface area contributed by atoms with Gasteiger partial charge in [0.05, 0.1) is 17.8 Å². The summed E-state index contributed by atoms with van der Waals surface area (Å²) >= 11 is 0. The number of carboxylic acids is 1. The second kappa shape index (κ2) is 8.03. The number of nitrogens with one attached hydrogen (secondary N) is 1. The van der Waals surface area contributed by atoms with Crippen LogP contribution in [-0.4, -0.2) is 38.6 Å². The average Bonchev–Trinajstić information content (AvgIpc) is 3.25. The van der Waals surface area contributed by atoms with E-state index in [1.165, 1.54) is 24.8 Å². The fourth-order valence-electron chi connectivity index (χ4n) is 4.61. The predicted molar refractivity (Wildman–Crippen MR) is 117 cm³/mol. The molecule has 0 fully saturated rings. The van der Waals surface area contributed by atoms with E-state index in [-0.39, 0.29) is 23.9 Å². The number of aromatic carboxylic acids is 1. The summed E-state index contributed by atoms with van der Waals surface area (Å²) in [5, 5.41) is 22.8. The molecule has 3 N–H and O–H groups in total. The number of aromatic hydroxyl groups is 1. The molecule has 0 spiro atoms. The Morgan fingerprint density at radius 3 is 2.66 bits per heavy atom. The van der Waals surface area contributed by atoms with Gasteiger partial charge in [0.2, 0.25) is 0 Å². The Kier molecular flexibility index (Phi) is 5.38. The number of carboxylic acid groups (broad SMARTS) is 1. The summed E-state index contributed by atoms with van der Waals surface area (Å²) in [6.07, 6.45) is 3.25. The fourth-order valence-corrected chi connectivity index (χ4v) is 4.61. The summed E-state index contributed by atoms with van der Waals surface area (Å²) < 4.78 is 4.97. The standard InChI is InChI=1S/C24H25N3O5/c1-14-4-5-19(15(2)8-14)24(3)20-10-21(28)18(22(29)30)9-16(20)6-7-27(24)23(31)25-11-17-12-32-13-26-17/h4-5,8-10,12-13,28H,6-7,11H2,1-3H3,(H,25,31)(H,29,30). The number of aryl methyl sites for hydroxylation is 2. The Balaban J connectivity index is 1.83. The van der Waals surface area contributed by atoms with Gasteiger partial charge in [0.15, 0.2) is 6.39 Å². The van der Waals surface area contributed by atoms with Crippen LogP contribution < -0.4 is 5.32 Å². The van der Waals surface area contributed by atoms with Gasteiger partial charge in [0.25, 0.3) is 0 Å². The van der Waals surface area contributed by atoms with Crippen molar-refractivity contribution < 1.29 is 24.2 Å². The highest BCUT2D eigenvalue weighted by atomic mass is 16.4. The van der Waals surface area contributed by atoms with Crippen molar-refractivity contribution in [2.24, 2.45) is 0 Å². The lowest BCUT2D eigenvalue weighted by Crippen LogP contribution is -2.55. The Labute approximate surface area is 185 Å².